The maximum Gasteiger partial charge on any atom is 0.231 e. The third-order valence-corrected chi connectivity index (χ3v) is 4.05. The van der Waals surface area contributed by atoms with Gasteiger partial charge >= 0.3 is 0 Å². The zero-order chi connectivity index (χ0) is 17.4. The van der Waals surface area contributed by atoms with Crippen LogP contribution in [-0.4, -0.2) is 20.1 Å². The predicted molar refractivity (Wildman–Crippen MR) is 97.5 cm³/mol. The molecule has 0 fully saturated rings. The first-order valence-electron chi connectivity index (χ1n) is 7.35. The standard InChI is InChI=1S/C18H11Cl2N3O2/c19-11-5-12(20)7-14(6-11)25-18-15-8-16(23-17(15)21-9-22-18)10-1-3-13(24)4-2-10/h1-9,24H,(H,21,22,23). The minimum absolute atomic E-state index is 0.210. The SMILES string of the molecule is Oc1ccc(-c2cc3c(Oc4cc(Cl)cc(Cl)c4)ncnc3[nH]2)cc1. The second-order valence-electron chi connectivity index (χ2n) is 5.38. The molecular weight excluding hydrogens is 361 g/mol. The summed E-state index contributed by atoms with van der Waals surface area (Å²) >= 11 is 12.0. The third-order valence-electron chi connectivity index (χ3n) is 3.62. The molecule has 2 N–H and O–H groups in total. The number of hydrogen-bond donors (Lipinski definition) is 2. The highest BCUT2D eigenvalue weighted by Gasteiger charge is 2.12. The van der Waals surface area contributed by atoms with Gasteiger partial charge in [0.1, 0.15) is 23.5 Å². The van der Waals surface area contributed by atoms with Crippen LogP contribution >= 0.6 is 23.2 Å². The van der Waals surface area contributed by atoms with Crippen LogP contribution in [0.1, 0.15) is 0 Å². The van der Waals surface area contributed by atoms with Crippen LogP contribution in [0.5, 0.6) is 17.4 Å². The van der Waals surface area contributed by atoms with Gasteiger partial charge < -0.3 is 14.8 Å². The van der Waals surface area contributed by atoms with Crippen molar-refractivity contribution < 1.29 is 9.84 Å². The lowest BCUT2D eigenvalue weighted by atomic mass is 10.1. The first kappa shape index (κ1) is 15.7. The van der Waals surface area contributed by atoms with E-state index in [1.807, 2.05) is 18.2 Å². The number of halogens is 2. The number of ether oxygens (including phenoxy) is 1. The first-order valence-corrected chi connectivity index (χ1v) is 8.11. The molecule has 2 aromatic carbocycles. The van der Waals surface area contributed by atoms with Gasteiger partial charge in [0.15, 0.2) is 0 Å². The maximum absolute atomic E-state index is 9.42. The lowest BCUT2D eigenvalue weighted by Gasteiger charge is -2.06. The van der Waals surface area contributed by atoms with Crippen molar-refractivity contribution in [3.05, 3.63) is 64.9 Å². The molecule has 4 rings (SSSR count). The molecule has 7 heteroatoms. The summed E-state index contributed by atoms with van der Waals surface area (Å²) in [6, 6.07) is 13.7. The molecule has 124 valence electrons. The van der Waals surface area contributed by atoms with Gasteiger partial charge in [-0.2, -0.15) is 0 Å². The van der Waals surface area contributed by atoms with Crippen molar-refractivity contribution in [1.82, 2.24) is 15.0 Å². The number of benzene rings is 2. The zero-order valence-electron chi connectivity index (χ0n) is 12.7. The van der Waals surface area contributed by atoms with Crippen LogP contribution in [0.15, 0.2) is 54.9 Å². The summed E-state index contributed by atoms with van der Waals surface area (Å²) in [5.74, 6) is 1.09. The maximum atomic E-state index is 9.42. The van der Waals surface area contributed by atoms with Crippen LogP contribution in [0.3, 0.4) is 0 Å². The molecule has 0 radical (unpaired) electrons. The van der Waals surface area contributed by atoms with Gasteiger partial charge in [-0.1, -0.05) is 23.2 Å². The summed E-state index contributed by atoms with van der Waals surface area (Å²) in [6.45, 7) is 0. The van der Waals surface area contributed by atoms with E-state index in [0.717, 1.165) is 16.6 Å². The van der Waals surface area contributed by atoms with Gasteiger partial charge in [-0.05, 0) is 54.1 Å². The number of phenolic OH excluding ortho intramolecular Hbond substituents is 1. The summed E-state index contributed by atoms with van der Waals surface area (Å²) in [5, 5.41) is 11.1. The Kier molecular flexibility index (Phi) is 3.95. The molecule has 2 aromatic heterocycles. The number of fused-ring (bicyclic) bond motifs is 1. The molecule has 0 spiro atoms. The minimum Gasteiger partial charge on any atom is -0.508 e. The Balaban J connectivity index is 1.76. The number of H-pyrrole nitrogens is 1. The Bertz CT molecular complexity index is 1040. The number of hydrogen-bond acceptors (Lipinski definition) is 4. The summed E-state index contributed by atoms with van der Waals surface area (Å²) in [4.78, 5) is 11.7. The van der Waals surface area contributed by atoms with Crippen LogP contribution in [0.2, 0.25) is 10.0 Å². The Labute approximate surface area is 152 Å². The van der Waals surface area contributed by atoms with E-state index in [9.17, 15) is 5.11 Å². The van der Waals surface area contributed by atoms with Crippen LogP contribution < -0.4 is 4.74 Å². The molecule has 0 saturated heterocycles. The number of nitrogens with zero attached hydrogens (tertiary/aromatic N) is 2. The lowest BCUT2D eigenvalue weighted by Crippen LogP contribution is -1.90. The number of phenols is 1. The number of nitrogens with one attached hydrogen (secondary N) is 1. The molecule has 4 aromatic rings. The second-order valence-corrected chi connectivity index (χ2v) is 6.25. The van der Waals surface area contributed by atoms with E-state index in [2.05, 4.69) is 15.0 Å². The third kappa shape index (κ3) is 3.24. The van der Waals surface area contributed by atoms with Crippen molar-refractivity contribution in [1.29, 1.82) is 0 Å². The highest BCUT2D eigenvalue weighted by atomic mass is 35.5. The normalized spacial score (nSPS) is 11.0. The fourth-order valence-corrected chi connectivity index (χ4v) is 3.00. The highest BCUT2D eigenvalue weighted by Crippen LogP contribution is 2.33. The van der Waals surface area contributed by atoms with Gasteiger partial charge in [-0.15, -0.1) is 0 Å². The predicted octanol–water partition coefficient (Wildman–Crippen LogP) is 5.43. The second kappa shape index (κ2) is 6.27. The number of aromatic hydroxyl groups is 1. The van der Waals surface area contributed by atoms with E-state index in [1.54, 1.807) is 30.3 Å². The summed E-state index contributed by atoms with van der Waals surface area (Å²) in [6.07, 6.45) is 1.42. The highest BCUT2D eigenvalue weighted by molar-refractivity contribution is 6.34. The quantitative estimate of drug-likeness (QED) is 0.503. The van der Waals surface area contributed by atoms with Gasteiger partial charge in [0.2, 0.25) is 5.88 Å². The molecular formula is C18H11Cl2N3O2. The Hall–Kier alpha value is -2.76. The molecule has 0 aliphatic rings. The van der Waals surface area contributed by atoms with Gasteiger partial charge in [-0.3, -0.25) is 0 Å². The fraction of sp³-hybridized carbons (Fsp3) is 0. The molecule has 0 bridgehead atoms. The van der Waals surface area contributed by atoms with E-state index in [1.165, 1.54) is 6.33 Å². The van der Waals surface area contributed by atoms with Crippen LogP contribution in [-0.2, 0) is 0 Å². The minimum atomic E-state index is 0.210. The summed E-state index contributed by atoms with van der Waals surface area (Å²) in [5.41, 5.74) is 2.39. The number of rotatable bonds is 3. The Morgan fingerprint density at radius 1 is 0.920 bits per heavy atom. The lowest BCUT2D eigenvalue weighted by molar-refractivity contribution is 0.468. The number of aromatic amines is 1. The zero-order valence-corrected chi connectivity index (χ0v) is 14.2. The summed E-state index contributed by atoms with van der Waals surface area (Å²) in [7, 11) is 0. The van der Waals surface area contributed by atoms with Crippen molar-refractivity contribution in [3.63, 3.8) is 0 Å². The van der Waals surface area contributed by atoms with Crippen molar-refractivity contribution >= 4 is 34.2 Å². The van der Waals surface area contributed by atoms with E-state index in [0.29, 0.717) is 27.3 Å². The molecule has 0 atom stereocenters. The van der Waals surface area contributed by atoms with Crippen LogP contribution in [0, 0.1) is 0 Å². The molecule has 0 amide bonds. The van der Waals surface area contributed by atoms with Crippen molar-refractivity contribution in [2.75, 3.05) is 0 Å². The van der Waals surface area contributed by atoms with E-state index in [4.69, 9.17) is 27.9 Å². The van der Waals surface area contributed by atoms with Gasteiger partial charge in [-0.25, -0.2) is 9.97 Å². The molecule has 0 saturated carbocycles. The van der Waals surface area contributed by atoms with Crippen molar-refractivity contribution in [3.8, 4) is 28.6 Å². The largest absolute Gasteiger partial charge is 0.508 e. The van der Waals surface area contributed by atoms with Crippen LogP contribution in [0.25, 0.3) is 22.3 Å². The smallest absolute Gasteiger partial charge is 0.231 e. The van der Waals surface area contributed by atoms with Gasteiger partial charge in [0.05, 0.1) is 5.39 Å². The van der Waals surface area contributed by atoms with E-state index >= 15 is 0 Å². The average molecular weight is 372 g/mol. The van der Waals surface area contributed by atoms with E-state index < -0.39 is 0 Å². The average Bonchev–Trinajstić information content (AvgIpc) is 3.00. The molecule has 0 unspecified atom stereocenters. The van der Waals surface area contributed by atoms with Crippen molar-refractivity contribution in [2.45, 2.75) is 0 Å². The Morgan fingerprint density at radius 2 is 1.64 bits per heavy atom. The summed E-state index contributed by atoms with van der Waals surface area (Å²) < 4.78 is 5.84. The Morgan fingerprint density at radius 3 is 2.36 bits per heavy atom. The van der Waals surface area contributed by atoms with Crippen molar-refractivity contribution in [2.24, 2.45) is 0 Å². The van der Waals surface area contributed by atoms with Gasteiger partial charge in [0, 0.05) is 15.7 Å². The molecule has 0 aliphatic carbocycles. The first-order chi connectivity index (χ1) is 12.1. The van der Waals surface area contributed by atoms with Crippen LogP contribution in [0.4, 0.5) is 0 Å². The topological polar surface area (TPSA) is 71.0 Å². The molecule has 25 heavy (non-hydrogen) atoms. The molecule has 5 nitrogen and oxygen atoms in total. The molecule has 2 heterocycles. The fourth-order valence-electron chi connectivity index (χ4n) is 2.49. The number of aromatic nitrogens is 3. The monoisotopic (exact) mass is 371 g/mol. The molecule has 0 aliphatic heterocycles. The van der Waals surface area contributed by atoms with E-state index in [-0.39, 0.29) is 5.75 Å². The van der Waals surface area contributed by atoms with Gasteiger partial charge in [0.25, 0.3) is 0 Å².